The Morgan fingerprint density at radius 3 is 2.20 bits per heavy atom. The van der Waals surface area contributed by atoms with Crippen LogP contribution < -0.4 is 0 Å². The number of carbonyl (C=O) groups is 1. The molecule has 0 aliphatic heterocycles. The van der Waals surface area contributed by atoms with E-state index in [4.69, 9.17) is 31.9 Å². The van der Waals surface area contributed by atoms with Crippen molar-refractivity contribution in [2.24, 2.45) is 0 Å². The first-order valence-corrected chi connectivity index (χ1v) is 15.6. The summed E-state index contributed by atoms with van der Waals surface area (Å²) in [5.41, 5.74) is 0. The van der Waals surface area contributed by atoms with Crippen LogP contribution in [0, 0.1) is 0 Å². The van der Waals surface area contributed by atoms with Crippen LogP contribution in [0.2, 0.25) is 4.44 Å². The zero-order valence-electron chi connectivity index (χ0n) is 5.11. The number of halogens is 3. The predicted octanol–water partition coefficient (Wildman–Crippen LogP) is 2.51. The molecule has 0 saturated carbocycles. The third-order valence-corrected chi connectivity index (χ3v) is 7.28. The van der Waals surface area contributed by atoms with Crippen molar-refractivity contribution in [3.05, 3.63) is 0 Å². The van der Waals surface area contributed by atoms with Gasteiger partial charge in [-0.05, 0) is 0 Å². The maximum atomic E-state index is 9.98. The molecule has 0 amide bonds. The second kappa shape index (κ2) is 4.91. The van der Waals surface area contributed by atoms with Crippen molar-refractivity contribution in [3.8, 4) is 0 Å². The molecule has 6 heteroatoms. The molecule has 0 saturated heterocycles. The number of carboxylic acid groups (broad SMARTS) is 1. The van der Waals surface area contributed by atoms with Crippen LogP contribution in [0.3, 0.4) is 0 Å². The van der Waals surface area contributed by atoms with E-state index < -0.39 is 21.0 Å². The van der Waals surface area contributed by atoms with E-state index in [0.717, 1.165) is 0 Å². The Kier molecular flexibility index (Phi) is 5.46. The van der Waals surface area contributed by atoms with Gasteiger partial charge in [-0.15, -0.1) is 0 Å². The van der Waals surface area contributed by atoms with Gasteiger partial charge < -0.3 is 0 Å². The Labute approximate surface area is 74.5 Å². The van der Waals surface area contributed by atoms with Gasteiger partial charge in [0.1, 0.15) is 0 Å². The number of hydrogen-bond donors (Lipinski definition) is 1. The molecule has 0 spiro atoms. The van der Waals surface area contributed by atoms with Crippen LogP contribution >= 0.6 is 26.8 Å². The van der Waals surface area contributed by atoms with E-state index in [1.165, 1.54) is 0 Å². The van der Waals surface area contributed by atoms with Crippen molar-refractivity contribution >= 4 is 47.7 Å². The van der Waals surface area contributed by atoms with E-state index >= 15 is 0 Å². The molecule has 0 aliphatic rings. The zero-order valence-corrected chi connectivity index (χ0v) is 10.2. The minimum atomic E-state index is -3.22. The summed E-state index contributed by atoms with van der Waals surface area (Å²) in [5, 5.41) is 8.20. The van der Waals surface area contributed by atoms with E-state index in [1.807, 2.05) is 0 Å². The van der Waals surface area contributed by atoms with Crippen molar-refractivity contribution in [1.82, 2.24) is 0 Å². The van der Waals surface area contributed by atoms with E-state index in [-0.39, 0.29) is 6.42 Å². The van der Waals surface area contributed by atoms with Crippen LogP contribution in [0.25, 0.3) is 0 Å². The van der Waals surface area contributed by atoms with Crippen molar-refractivity contribution in [3.63, 3.8) is 0 Å². The monoisotopic (exact) mass is 312 g/mol. The molecule has 0 aliphatic carbocycles. The number of aliphatic carboxylic acids is 1. The molecule has 0 radical (unpaired) electrons. The van der Waals surface area contributed by atoms with Crippen molar-refractivity contribution in [2.45, 2.75) is 17.3 Å². The summed E-state index contributed by atoms with van der Waals surface area (Å²) in [5.74, 6) is -0.833. The molecular formula is C4H7Cl3O2Sn. The van der Waals surface area contributed by atoms with Crippen molar-refractivity contribution in [1.29, 1.82) is 0 Å². The molecule has 0 bridgehead atoms. The van der Waals surface area contributed by atoms with Gasteiger partial charge in [0.2, 0.25) is 0 Å². The summed E-state index contributed by atoms with van der Waals surface area (Å²) in [7, 11) is 16.7. The van der Waals surface area contributed by atoms with Gasteiger partial charge in [0.05, 0.1) is 0 Å². The van der Waals surface area contributed by atoms with Gasteiger partial charge in [-0.25, -0.2) is 0 Å². The van der Waals surface area contributed by atoms with Gasteiger partial charge in [-0.3, -0.25) is 0 Å². The molecule has 0 aromatic rings. The van der Waals surface area contributed by atoms with Crippen LogP contribution in [-0.4, -0.2) is 26.1 Å². The Balaban J connectivity index is 3.29. The first-order chi connectivity index (χ1) is 4.42. The van der Waals surface area contributed by atoms with Crippen LogP contribution in [0.15, 0.2) is 0 Å². The van der Waals surface area contributed by atoms with E-state index in [0.29, 0.717) is 10.9 Å². The molecule has 0 atom stereocenters. The topological polar surface area (TPSA) is 37.3 Å². The van der Waals surface area contributed by atoms with Gasteiger partial charge in [-0.2, -0.15) is 0 Å². The molecule has 60 valence electrons. The Morgan fingerprint density at radius 1 is 1.40 bits per heavy atom. The number of rotatable bonds is 4. The normalized spacial score (nSPS) is 11.5. The molecule has 0 unspecified atom stereocenters. The molecule has 0 heterocycles. The summed E-state index contributed by atoms with van der Waals surface area (Å²) in [6, 6.07) is 0. The van der Waals surface area contributed by atoms with Crippen LogP contribution in [0.1, 0.15) is 12.8 Å². The number of hydrogen-bond acceptors (Lipinski definition) is 1. The SMILES string of the molecule is O=C(O)CC[CH2][Sn]([Cl])([Cl])[Cl]. The molecular weight excluding hydrogens is 305 g/mol. The number of carboxylic acids is 1. The average Bonchev–Trinajstić information content (AvgIpc) is 1.59. The second-order valence-electron chi connectivity index (χ2n) is 1.86. The molecule has 10 heavy (non-hydrogen) atoms. The van der Waals surface area contributed by atoms with Gasteiger partial charge >= 0.3 is 74.9 Å². The second-order valence-corrected chi connectivity index (χ2v) is 23.7. The first-order valence-electron chi connectivity index (χ1n) is 2.70. The van der Waals surface area contributed by atoms with Gasteiger partial charge in [0.15, 0.2) is 0 Å². The minimum absolute atomic E-state index is 0.102. The van der Waals surface area contributed by atoms with Crippen molar-refractivity contribution < 1.29 is 9.90 Å². The van der Waals surface area contributed by atoms with Crippen LogP contribution in [0.4, 0.5) is 0 Å². The Hall–Kier alpha value is 1.14. The molecule has 0 fully saturated rings. The summed E-state index contributed by atoms with van der Waals surface area (Å²) < 4.78 is 0.492. The third-order valence-electron chi connectivity index (χ3n) is 0.851. The van der Waals surface area contributed by atoms with Crippen molar-refractivity contribution in [2.75, 3.05) is 0 Å². The van der Waals surface area contributed by atoms with Gasteiger partial charge in [0, 0.05) is 0 Å². The summed E-state index contributed by atoms with van der Waals surface area (Å²) >= 11 is -3.22. The maximum absolute atomic E-state index is 9.98. The fourth-order valence-corrected chi connectivity index (χ4v) is 4.78. The Morgan fingerprint density at radius 2 is 1.90 bits per heavy atom. The summed E-state index contributed by atoms with van der Waals surface area (Å²) in [6.45, 7) is 0. The van der Waals surface area contributed by atoms with E-state index in [2.05, 4.69) is 0 Å². The zero-order chi connectivity index (χ0) is 8.20. The average molecular weight is 312 g/mol. The Bertz CT molecular complexity index is 122. The van der Waals surface area contributed by atoms with Gasteiger partial charge in [-0.1, -0.05) is 0 Å². The van der Waals surface area contributed by atoms with Crippen LogP contribution in [-0.2, 0) is 4.79 Å². The predicted molar refractivity (Wildman–Crippen MR) is 45.0 cm³/mol. The molecule has 0 rings (SSSR count). The fraction of sp³-hybridized carbons (Fsp3) is 0.750. The van der Waals surface area contributed by atoms with Crippen LogP contribution in [0.5, 0.6) is 0 Å². The molecule has 0 aromatic carbocycles. The summed E-state index contributed by atoms with van der Waals surface area (Å²) in [6.07, 6.45) is 0.590. The first kappa shape index (κ1) is 11.1. The van der Waals surface area contributed by atoms with Gasteiger partial charge in [0.25, 0.3) is 0 Å². The quantitative estimate of drug-likeness (QED) is 0.810. The molecule has 1 N–H and O–H groups in total. The fourth-order valence-electron chi connectivity index (χ4n) is 0.440. The van der Waals surface area contributed by atoms with E-state index in [9.17, 15) is 4.79 Å². The third kappa shape index (κ3) is 9.14. The standard InChI is InChI=1S/C4H7O2.3ClH.Sn/c1-2-3-4(5)6;;;;/h1-3H2,(H,5,6);3*1H;/q;;;;+3/p-3. The summed E-state index contributed by atoms with van der Waals surface area (Å²) in [4.78, 5) is 9.98. The molecule has 2 nitrogen and oxygen atoms in total. The van der Waals surface area contributed by atoms with E-state index in [1.54, 1.807) is 0 Å². The molecule has 0 aromatic heterocycles.